The van der Waals surface area contributed by atoms with Crippen LogP contribution in [-0.2, 0) is 21.7 Å². The van der Waals surface area contributed by atoms with Gasteiger partial charge in [-0.1, -0.05) is 19.1 Å². The van der Waals surface area contributed by atoms with Crippen LogP contribution in [0.15, 0.2) is 30.3 Å². The van der Waals surface area contributed by atoms with Gasteiger partial charge in [0, 0.05) is 34.9 Å². The van der Waals surface area contributed by atoms with Crippen molar-refractivity contribution in [2.45, 2.75) is 20.8 Å². The van der Waals surface area contributed by atoms with Crippen LogP contribution in [0.5, 0.6) is 0 Å². The minimum atomic E-state index is 0. The van der Waals surface area contributed by atoms with Crippen molar-refractivity contribution >= 4 is 0 Å². The summed E-state index contributed by atoms with van der Waals surface area (Å²) in [6.07, 6.45) is 0.371. The third-order valence-corrected chi connectivity index (χ3v) is 1.19. The molecule has 1 aromatic rings. The molecule has 0 aromatic heterocycles. The molecular formula is C12H21O3Ti-. The molecule has 0 spiro atoms. The fourth-order valence-corrected chi connectivity index (χ4v) is 0.679. The van der Waals surface area contributed by atoms with Gasteiger partial charge in [-0.25, -0.2) is 0 Å². The monoisotopic (exact) mass is 261 g/mol. The van der Waals surface area contributed by atoms with Gasteiger partial charge in [0.25, 0.3) is 0 Å². The molecule has 1 aromatic carbocycles. The van der Waals surface area contributed by atoms with Gasteiger partial charge >= 0.3 is 0 Å². The number of hydrogen-bond donors (Lipinski definition) is 3. The number of aliphatic hydroxyl groups excluding tert-OH is 3. The number of hydrogen-bond acceptors (Lipinski definition) is 3. The first kappa shape index (κ1) is 21.0. The average Bonchev–Trinajstić information content (AvgIpc) is 2.21. The van der Waals surface area contributed by atoms with Crippen molar-refractivity contribution < 1.29 is 37.0 Å². The fraction of sp³-hybridized carbons (Fsp3) is 0.417. The second-order valence-corrected chi connectivity index (χ2v) is 2.58. The van der Waals surface area contributed by atoms with Crippen molar-refractivity contribution in [1.29, 1.82) is 0 Å². The van der Waals surface area contributed by atoms with E-state index in [4.69, 9.17) is 15.3 Å². The first-order valence-corrected chi connectivity index (χ1v) is 4.93. The zero-order chi connectivity index (χ0) is 12.1. The topological polar surface area (TPSA) is 60.7 Å². The van der Waals surface area contributed by atoms with Gasteiger partial charge in [0.05, 0.1) is 0 Å². The molecule has 0 heterocycles. The van der Waals surface area contributed by atoms with Gasteiger partial charge in [-0.15, -0.1) is 12.1 Å². The number of benzene rings is 1. The van der Waals surface area contributed by atoms with E-state index in [1.165, 1.54) is 0 Å². The van der Waals surface area contributed by atoms with Crippen molar-refractivity contribution in [3.05, 3.63) is 42.0 Å². The summed E-state index contributed by atoms with van der Waals surface area (Å²) in [5, 5.41) is 24.1. The van der Waals surface area contributed by atoms with Crippen molar-refractivity contribution in [2.75, 3.05) is 13.2 Å². The Bertz CT molecular complexity index is 201. The van der Waals surface area contributed by atoms with Crippen molar-refractivity contribution in [3.8, 4) is 0 Å². The quantitative estimate of drug-likeness (QED) is 0.535. The molecule has 0 radical (unpaired) electrons. The van der Waals surface area contributed by atoms with E-state index in [-0.39, 0.29) is 34.9 Å². The third kappa shape index (κ3) is 16.1. The zero-order valence-electron chi connectivity index (χ0n) is 10.1. The van der Waals surface area contributed by atoms with Crippen LogP contribution in [0.1, 0.15) is 26.3 Å². The molecule has 92 valence electrons. The molecule has 4 heteroatoms. The predicted molar refractivity (Wildman–Crippen MR) is 61.9 cm³/mol. The van der Waals surface area contributed by atoms with Crippen molar-refractivity contribution in [2.24, 2.45) is 0 Å². The summed E-state index contributed by atoms with van der Waals surface area (Å²) in [6.45, 7) is 5.54. The molecule has 3 nitrogen and oxygen atoms in total. The maximum atomic E-state index is 8.94. The van der Waals surface area contributed by atoms with E-state index in [0.29, 0.717) is 6.10 Å². The molecule has 0 amide bonds. The van der Waals surface area contributed by atoms with Crippen LogP contribution in [0.4, 0.5) is 0 Å². The Morgan fingerprint density at radius 3 is 1.50 bits per heavy atom. The Labute approximate surface area is 113 Å². The normalized spacial score (nSPS) is 7.38. The summed E-state index contributed by atoms with van der Waals surface area (Å²) in [5.74, 6) is 0. The second-order valence-electron chi connectivity index (χ2n) is 2.58. The molecule has 0 atom stereocenters. The minimum Gasteiger partial charge on any atom is -0.426 e. The summed E-state index contributed by atoms with van der Waals surface area (Å²) in [7, 11) is 0. The summed E-state index contributed by atoms with van der Waals surface area (Å²) in [5.41, 5.74) is 0.887. The van der Waals surface area contributed by atoms with E-state index in [0.717, 1.165) is 5.56 Å². The van der Waals surface area contributed by atoms with Crippen LogP contribution in [0, 0.1) is 6.10 Å². The van der Waals surface area contributed by atoms with Gasteiger partial charge < -0.3 is 15.3 Å². The Morgan fingerprint density at radius 1 is 1.00 bits per heavy atom. The van der Waals surface area contributed by atoms with E-state index in [1.54, 1.807) is 20.8 Å². The van der Waals surface area contributed by atoms with Gasteiger partial charge in [0.15, 0.2) is 0 Å². The Morgan fingerprint density at radius 2 is 1.31 bits per heavy atom. The zero-order valence-corrected chi connectivity index (χ0v) is 11.7. The van der Waals surface area contributed by atoms with Crippen LogP contribution in [0.3, 0.4) is 0 Å². The molecule has 0 aliphatic heterocycles. The molecule has 1 rings (SSSR count). The fourth-order valence-electron chi connectivity index (χ4n) is 0.679. The molecule has 0 fully saturated rings. The van der Waals surface area contributed by atoms with Crippen LogP contribution in [0.2, 0.25) is 0 Å². The molecular weight excluding hydrogens is 240 g/mol. The second kappa shape index (κ2) is 17.1. The van der Waals surface area contributed by atoms with Gasteiger partial charge in [-0.05, 0) is 13.8 Å². The molecule has 3 N–H and O–H groups in total. The van der Waals surface area contributed by atoms with Gasteiger partial charge in [-0.2, -0.15) is 17.7 Å². The maximum absolute atomic E-state index is 8.94. The third-order valence-electron chi connectivity index (χ3n) is 1.19. The maximum Gasteiger partial charge on any atom is 0.0402 e. The van der Waals surface area contributed by atoms with E-state index in [9.17, 15) is 0 Å². The molecule has 0 saturated heterocycles. The average molecular weight is 261 g/mol. The van der Waals surface area contributed by atoms with E-state index in [2.05, 4.69) is 0 Å². The summed E-state index contributed by atoms with van der Waals surface area (Å²) in [4.78, 5) is 0. The molecule has 16 heavy (non-hydrogen) atoms. The van der Waals surface area contributed by atoms with Gasteiger partial charge in [0.2, 0.25) is 0 Å². The Kier molecular flexibility index (Phi) is 22.5. The smallest absolute Gasteiger partial charge is 0.0402 e. The predicted octanol–water partition coefficient (Wildman–Crippen LogP) is 1.95. The molecule has 0 aliphatic carbocycles. The molecule has 0 saturated carbocycles. The summed E-state index contributed by atoms with van der Waals surface area (Å²) in [6, 6.07) is 9.46. The first-order chi connectivity index (χ1) is 7.13. The van der Waals surface area contributed by atoms with E-state index in [1.807, 2.05) is 30.3 Å². The number of aliphatic hydroxyl groups is 3. The van der Waals surface area contributed by atoms with Crippen LogP contribution in [-0.4, -0.2) is 28.5 Å². The largest absolute Gasteiger partial charge is 0.426 e. The molecule has 0 aliphatic rings. The van der Waals surface area contributed by atoms with Crippen molar-refractivity contribution in [1.82, 2.24) is 0 Å². The summed E-state index contributed by atoms with van der Waals surface area (Å²) >= 11 is 0. The summed E-state index contributed by atoms with van der Waals surface area (Å²) < 4.78 is 0. The van der Waals surface area contributed by atoms with Gasteiger partial charge in [-0.3, -0.25) is 0 Å². The van der Waals surface area contributed by atoms with Crippen molar-refractivity contribution in [3.63, 3.8) is 0 Å². The van der Waals surface area contributed by atoms with Gasteiger partial charge in [0.1, 0.15) is 0 Å². The first-order valence-electron chi connectivity index (χ1n) is 4.93. The molecule has 0 unspecified atom stereocenters. The minimum absolute atomic E-state index is 0. The Hall–Kier alpha value is -0.316. The van der Waals surface area contributed by atoms with E-state index >= 15 is 0 Å². The SMILES string of the molecule is CCO.CCO.C[C-](O)c1ccccc1.[Ti]. The Balaban J connectivity index is -0.000000207. The van der Waals surface area contributed by atoms with Crippen LogP contribution >= 0.6 is 0 Å². The van der Waals surface area contributed by atoms with Crippen LogP contribution in [0.25, 0.3) is 0 Å². The van der Waals surface area contributed by atoms with E-state index < -0.39 is 0 Å². The standard InChI is InChI=1S/C8H9O.2C2H6O.Ti/c1-7(9)8-5-3-2-4-6-8;2*1-2-3;/h2-6,9H,1H3;2*3H,2H2,1H3;/q-1;;;. The molecule has 0 bridgehead atoms. The number of rotatable bonds is 1. The van der Waals surface area contributed by atoms with Crippen LogP contribution < -0.4 is 0 Å².